The van der Waals surface area contributed by atoms with Crippen LogP contribution in [0.5, 0.6) is 17.2 Å². The number of aromatic hydroxyl groups is 1. The molecular formula is C19H17N3O5. The summed E-state index contributed by atoms with van der Waals surface area (Å²) in [5, 5.41) is 24.8. The van der Waals surface area contributed by atoms with Crippen molar-refractivity contribution in [1.82, 2.24) is 10.3 Å². The van der Waals surface area contributed by atoms with Crippen molar-refractivity contribution < 1.29 is 24.5 Å². The lowest BCUT2D eigenvalue weighted by molar-refractivity contribution is -0.140. The molecule has 2 fully saturated rings. The fourth-order valence-corrected chi connectivity index (χ4v) is 4.12. The lowest BCUT2D eigenvalue weighted by Crippen LogP contribution is -2.34. The van der Waals surface area contributed by atoms with Crippen LogP contribution in [0.4, 0.5) is 10.6 Å². The number of carbonyl (C=O) groups is 2. The standard InChI is InChI=1S/C19H17N3O5/c23-13-2-1-11(5-10(13)6-18-8-19(18,9-18)16(24)25)27-14-3-4-20-15-12(14)7-21-17(26)22-15/h1-5,23H,6-9H2,(H,24,25)(H2,20,21,22,26). The molecule has 1 aliphatic heterocycles. The molecule has 138 valence electrons. The quantitative estimate of drug-likeness (QED) is 0.645. The van der Waals surface area contributed by atoms with Crippen LogP contribution in [0.25, 0.3) is 0 Å². The highest BCUT2D eigenvalue weighted by Crippen LogP contribution is 2.87. The van der Waals surface area contributed by atoms with Crippen molar-refractivity contribution in [2.45, 2.75) is 25.8 Å². The monoisotopic (exact) mass is 367 g/mol. The van der Waals surface area contributed by atoms with Crippen molar-refractivity contribution >= 4 is 17.8 Å². The van der Waals surface area contributed by atoms with Crippen LogP contribution < -0.4 is 15.4 Å². The van der Waals surface area contributed by atoms with Crippen LogP contribution in [-0.2, 0) is 17.8 Å². The first-order chi connectivity index (χ1) is 12.9. The van der Waals surface area contributed by atoms with E-state index < -0.39 is 11.4 Å². The third kappa shape index (κ3) is 2.33. The predicted octanol–water partition coefficient (Wildman–Crippen LogP) is 2.62. The van der Waals surface area contributed by atoms with E-state index in [2.05, 4.69) is 15.6 Å². The number of rotatable bonds is 5. The minimum Gasteiger partial charge on any atom is -0.508 e. The first-order valence-corrected chi connectivity index (χ1v) is 8.68. The van der Waals surface area contributed by atoms with Gasteiger partial charge < -0.3 is 20.3 Å². The first kappa shape index (κ1) is 15.9. The van der Waals surface area contributed by atoms with E-state index in [9.17, 15) is 19.8 Å². The fraction of sp³-hybridized carbons (Fsp3) is 0.316. The van der Waals surface area contributed by atoms with Crippen LogP contribution in [0.1, 0.15) is 24.0 Å². The minimum atomic E-state index is -0.743. The number of aromatic nitrogens is 1. The van der Waals surface area contributed by atoms with Gasteiger partial charge in [-0.1, -0.05) is 0 Å². The van der Waals surface area contributed by atoms with E-state index in [-0.39, 0.29) is 17.2 Å². The number of ether oxygens (including phenoxy) is 1. The summed E-state index contributed by atoms with van der Waals surface area (Å²) in [5.41, 5.74) is 0.630. The highest BCUT2D eigenvalue weighted by molar-refractivity contribution is 5.91. The summed E-state index contributed by atoms with van der Waals surface area (Å²) in [6.07, 6.45) is 3.41. The molecular weight excluding hydrogens is 350 g/mol. The summed E-state index contributed by atoms with van der Waals surface area (Å²) in [6.45, 7) is 0.305. The van der Waals surface area contributed by atoms with E-state index in [4.69, 9.17) is 4.74 Å². The molecule has 1 aromatic heterocycles. The number of carbonyl (C=O) groups excluding carboxylic acids is 1. The lowest BCUT2D eigenvalue weighted by atomic mass is 10.0. The summed E-state index contributed by atoms with van der Waals surface area (Å²) in [4.78, 5) is 26.9. The summed E-state index contributed by atoms with van der Waals surface area (Å²) in [6, 6.07) is 6.36. The van der Waals surface area contributed by atoms with Gasteiger partial charge in [-0.25, -0.2) is 9.78 Å². The molecule has 0 saturated heterocycles. The van der Waals surface area contributed by atoms with E-state index in [1.54, 1.807) is 30.5 Å². The molecule has 8 nitrogen and oxygen atoms in total. The first-order valence-electron chi connectivity index (χ1n) is 8.68. The molecule has 2 saturated carbocycles. The van der Waals surface area contributed by atoms with Crippen LogP contribution >= 0.6 is 0 Å². The van der Waals surface area contributed by atoms with Gasteiger partial charge in [0.2, 0.25) is 0 Å². The number of anilines is 1. The summed E-state index contributed by atoms with van der Waals surface area (Å²) in [5.74, 6) is 0.941. The molecule has 8 heteroatoms. The molecule has 0 bridgehead atoms. The lowest BCUT2D eigenvalue weighted by Gasteiger charge is -2.20. The number of nitrogens with zero attached hydrogens (tertiary/aromatic N) is 1. The van der Waals surface area contributed by atoms with E-state index in [1.165, 1.54) is 0 Å². The Morgan fingerprint density at radius 1 is 1.30 bits per heavy atom. The number of phenolic OH excluding ortho intramolecular Hbond substituents is 1. The van der Waals surface area contributed by atoms with Crippen molar-refractivity contribution in [1.29, 1.82) is 0 Å². The van der Waals surface area contributed by atoms with Gasteiger partial charge in [0.05, 0.1) is 17.5 Å². The van der Waals surface area contributed by atoms with Crippen LogP contribution in [0.2, 0.25) is 0 Å². The molecule has 4 N–H and O–H groups in total. The van der Waals surface area contributed by atoms with Gasteiger partial charge in [-0.2, -0.15) is 0 Å². The van der Waals surface area contributed by atoms with Crippen LogP contribution in [0.3, 0.4) is 0 Å². The molecule has 3 aliphatic rings. The number of hydrogen-bond donors (Lipinski definition) is 4. The Morgan fingerprint density at radius 2 is 2.11 bits per heavy atom. The fourth-order valence-electron chi connectivity index (χ4n) is 4.12. The Labute approximate surface area is 154 Å². The minimum absolute atomic E-state index is 0.139. The van der Waals surface area contributed by atoms with Gasteiger partial charge in [0.15, 0.2) is 0 Å². The Balaban J connectivity index is 1.39. The second-order valence-corrected chi connectivity index (χ2v) is 7.53. The normalized spacial score (nSPS) is 26.9. The van der Waals surface area contributed by atoms with E-state index in [0.29, 0.717) is 48.7 Å². The molecule has 2 heterocycles. The number of phenols is 1. The average Bonchev–Trinajstić information content (AvgIpc) is 3.45. The number of hydrogen-bond acceptors (Lipinski definition) is 5. The largest absolute Gasteiger partial charge is 0.508 e. The summed E-state index contributed by atoms with van der Waals surface area (Å²) >= 11 is 0. The van der Waals surface area contributed by atoms with Crippen LogP contribution in [0, 0.1) is 10.8 Å². The van der Waals surface area contributed by atoms with Gasteiger partial charge in [-0.3, -0.25) is 10.1 Å². The maximum absolute atomic E-state index is 11.4. The molecule has 1 aromatic carbocycles. The van der Waals surface area contributed by atoms with E-state index in [0.717, 1.165) is 5.56 Å². The second-order valence-electron chi connectivity index (χ2n) is 7.53. The van der Waals surface area contributed by atoms with Crippen molar-refractivity contribution in [3.63, 3.8) is 0 Å². The van der Waals surface area contributed by atoms with Crippen LogP contribution in [0.15, 0.2) is 30.5 Å². The number of carboxylic acid groups (broad SMARTS) is 1. The Kier molecular flexibility index (Phi) is 3.02. The highest BCUT2D eigenvalue weighted by atomic mass is 16.5. The summed E-state index contributed by atoms with van der Waals surface area (Å²) < 4.78 is 5.97. The van der Waals surface area contributed by atoms with Gasteiger partial charge in [-0.05, 0) is 54.5 Å². The zero-order valence-electron chi connectivity index (χ0n) is 14.3. The number of nitrogens with one attached hydrogen (secondary N) is 2. The molecule has 0 radical (unpaired) electrons. The molecule has 0 spiro atoms. The number of benzene rings is 1. The number of carboxylic acids is 1. The Morgan fingerprint density at radius 3 is 2.85 bits per heavy atom. The molecule has 0 atom stereocenters. The number of amides is 2. The Bertz CT molecular complexity index is 997. The number of urea groups is 1. The third-order valence-electron chi connectivity index (χ3n) is 5.93. The van der Waals surface area contributed by atoms with Gasteiger partial charge in [-0.15, -0.1) is 0 Å². The predicted molar refractivity (Wildman–Crippen MR) is 93.7 cm³/mol. The zero-order chi connectivity index (χ0) is 18.8. The molecule has 0 unspecified atom stereocenters. The molecule has 5 rings (SSSR count). The second kappa shape index (κ2) is 5.12. The van der Waals surface area contributed by atoms with Crippen molar-refractivity contribution in [3.05, 3.63) is 41.6 Å². The summed E-state index contributed by atoms with van der Waals surface area (Å²) in [7, 11) is 0. The zero-order valence-corrected chi connectivity index (χ0v) is 14.3. The van der Waals surface area contributed by atoms with Gasteiger partial charge in [0.25, 0.3) is 0 Å². The number of aliphatic carboxylic acids is 1. The Hall–Kier alpha value is -3.29. The van der Waals surface area contributed by atoms with Crippen LogP contribution in [-0.4, -0.2) is 27.2 Å². The van der Waals surface area contributed by atoms with E-state index in [1.807, 2.05) is 0 Å². The SMILES string of the molecule is O=C1NCc2c(Oc3ccc(O)c(CC45CC4(C(=O)O)C5)c3)ccnc2N1. The maximum atomic E-state index is 11.4. The average molecular weight is 367 g/mol. The van der Waals surface area contributed by atoms with Crippen molar-refractivity contribution in [2.75, 3.05) is 5.32 Å². The molecule has 2 aliphatic carbocycles. The smallest absolute Gasteiger partial charge is 0.320 e. The maximum Gasteiger partial charge on any atom is 0.320 e. The highest BCUT2D eigenvalue weighted by Gasteiger charge is 2.87. The van der Waals surface area contributed by atoms with E-state index >= 15 is 0 Å². The third-order valence-corrected chi connectivity index (χ3v) is 5.93. The molecule has 27 heavy (non-hydrogen) atoms. The van der Waals surface area contributed by atoms with Gasteiger partial charge in [0.1, 0.15) is 23.1 Å². The van der Waals surface area contributed by atoms with Gasteiger partial charge >= 0.3 is 12.0 Å². The number of fused-ring (bicyclic) bond motifs is 2. The molecule has 2 aromatic rings. The van der Waals surface area contributed by atoms with Crippen molar-refractivity contribution in [2.24, 2.45) is 10.8 Å². The van der Waals surface area contributed by atoms with Crippen molar-refractivity contribution in [3.8, 4) is 17.2 Å². The molecule has 2 amide bonds. The van der Waals surface area contributed by atoms with Gasteiger partial charge in [0, 0.05) is 6.20 Å². The number of pyridine rings is 1. The topological polar surface area (TPSA) is 121 Å².